The molecule has 0 spiro atoms. The fourth-order valence-corrected chi connectivity index (χ4v) is 5.17. The molecule has 0 fully saturated rings. The van der Waals surface area contributed by atoms with E-state index >= 15 is 0 Å². The Bertz CT molecular complexity index is 1320. The topological polar surface area (TPSA) is 129 Å². The quantitative estimate of drug-likeness (QED) is 0.473. The van der Waals surface area contributed by atoms with E-state index in [4.69, 9.17) is 14.9 Å². The van der Waals surface area contributed by atoms with Crippen LogP contribution in [0.25, 0.3) is 0 Å². The molecular formula is C23H23F3N6O3S. The molecular weight excluding hydrogens is 497 g/mol. The molecule has 0 bridgehead atoms. The summed E-state index contributed by atoms with van der Waals surface area (Å²) in [5, 5.41) is 2.57. The summed E-state index contributed by atoms with van der Waals surface area (Å²) in [6.07, 6.45) is 4.19. The van der Waals surface area contributed by atoms with Crippen molar-refractivity contribution in [3.05, 3.63) is 65.3 Å². The number of nitrogens with two attached hydrogens (primary N) is 1. The van der Waals surface area contributed by atoms with Gasteiger partial charge in [-0.2, -0.15) is 0 Å². The summed E-state index contributed by atoms with van der Waals surface area (Å²) in [5.74, 6) is -2.56. The minimum atomic E-state index is -1.35. The zero-order valence-electron chi connectivity index (χ0n) is 19.6. The van der Waals surface area contributed by atoms with Crippen molar-refractivity contribution in [2.45, 2.75) is 44.1 Å². The summed E-state index contributed by atoms with van der Waals surface area (Å²) in [7, 11) is 0. The maximum Gasteiger partial charge on any atom is 0.276 e. The van der Waals surface area contributed by atoms with Crippen molar-refractivity contribution in [1.29, 1.82) is 0 Å². The molecule has 3 N–H and O–H groups in total. The molecule has 1 aliphatic heterocycles. The lowest BCUT2D eigenvalue weighted by Gasteiger charge is -2.39. The number of rotatable bonds is 7. The monoisotopic (exact) mass is 520 g/mol. The number of nitrogens with zero attached hydrogens (tertiary/aromatic N) is 4. The van der Waals surface area contributed by atoms with Gasteiger partial charge in [-0.25, -0.2) is 28.1 Å². The second-order valence-corrected chi connectivity index (χ2v) is 10.3. The number of aromatic nitrogens is 3. The number of anilines is 1. The third kappa shape index (κ3) is 5.30. The number of alkyl halides is 1. The molecule has 0 saturated carbocycles. The largest absolute Gasteiger partial charge is 0.467 e. The van der Waals surface area contributed by atoms with Crippen LogP contribution in [0.2, 0.25) is 0 Å². The zero-order chi connectivity index (χ0) is 26.1. The van der Waals surface area contributed by atoms with Crippen molar-refractivity contribution in [3.8, 4) is 5.88 Å². The van der Waals surface area contributed by atoms with E-state index in [1.54, 1.807) is 20.8 Å². The van der Waals surface area contributed by atoms with Crippen molar-refractivity contribution in [2.75, 3.05) is 12.0 Å². The number of halogens is 3. The van der Waals surface area contributed by atoms with Gasteiger partial charge >= 0.3 is 0 Å². The van der Waals surface area contributed by atoms with Crippen LogP contribution in [-0.4, -0.2) is 37.4 Å². The lowest BCUT2D eigenvalue weighted by molar-refractivity contribution is 0.102. The highest BCUT2D eigenvalue weighted by Crippen LogP contribution is 2.46. The van der Waals surface area contributed by atoms with E-state index in [0.717, 1.165) is 17.8 Å². The van der Waals surface area contributed by atoms with Crippen molar-refractivity contribution in [2.24, 2.45) is 10.7 Å². The molecule has 3 aromatic rings. The highest BCUT2D eigenvalue weighted by atomic mass is 32.2. The number of nitrogens with one attached hydrogen (secondary N) is 1. The zero-order valence-corrected chi connectivity index (χ0v) is 20.5. The van der Waals surface area contributed by atoms with Crippen molar-refractivity contribution >= 4 is 28.5 Å². The Labute approximate surface area is 208 Å². The highest BCUT2D eigenvalue weighted by molar-refractivity contribution is 8.15. The minimum absolute atomic E-state index is 0.0238. The summed E-state index contributed by atoms with van der Waals surface area (Å²) in [4.78, 5) is 29.3. The lowest BCUT2D eigenvalue weighted by atomic mass is 9.83. The minimum Gasteiger partial charge on any atom is -0.467 e. The van der Waals surface area contributed by atoms with Crippen LogP contribution in [-0.2, 0) is 12.1 Å². The van der Waals surface area contributed by atoms with Gasteiger partial charge in [0.25, 0.3) is 5.91 Å². The van der Waals surface area contributed by atoms with Crippen LogP contribution >= 0.6 is 11.8 Å². The first-order valence-electron chi connectivity index (χ1n) is 10.8. The molecule has 0 radical (unpaired) electrons. The smallest absolute Gasteiger partial charge is 0.276 e. The average Bonchev–Trinajstić information content (AvgIpc) is 3.33. The van der Waals surface area contributed by atoms with Crippen LogP contribution in [0.15, 0.2) is 40.2 Å². The summed E-state index contributed by atoms with van der Waals surface area (Å²) in [5.41, 5.74) is 4.55. The van der Waals surface area contributed by atoms with Gasteiger partial charge in [0.15, 0.2) is 23.4 Å². The SMILES string of the molecule is Cc1nc(OCc2ncco2)cnc1C(=O)Nc1cc(F)c(F)c([C@]2(C)C[C@](C)(CF)SC(N)=N2)c1. The Morgan fingerprint density at radius 3 is 2.75 bits per heavy atom. The Hall–Kier alpha value is -3.61. The molecule has 0 aliphatic carbocycles. The van der Waals surface area contributed by atoms with Crippen LogP contribution in [0, 0.1) is 18.6 Å². The van der Waals surface area contributed by atoms with Gasteiger partial charge in [0.2, 0.25) is 11.8 Å². The second kappa shape index (κ2) is 9.80. The number of aryl methyl sites for hydroxylation is 1. The van der Waals surface area contributed by atoms with Gasteiger partial charge in [-0.15, -0.1) is 0 Å². The van der Waals surface area contributed by atoms with Gasteiger partial charge in [0.1, 0.15) is 18.6 Å². The number of benzene rings is 1. The van der Waals surface area contributed by atoms with Gasteiger partial charge in [0.05, 0.1) is 28.4 Å². The summed E-state index contributed by atoms with van der Waals surface area (Å²) >= 11 is 1.05. The molecule has 0 unspecified atom stereocenters. The Morgan fingerprint density at radius 1 is 1.31 bits per heavy atom. The molecule has 1 aromatic carbocycles. The fourth-order valence-electron chi connectivity index (χ4n) is 4.01. The van der Waals surface area contributed by atoms with Crippen LogP contribution in [0.4, 0.5) is 18.9 Å². The number of ether oxygens (including phenoxy) is 1. The van der Waals surface area contributed by atoms with Gasteiger partial charge < -0.3 is 20.2 Å². The molecule has 0 saturated heterocycles. The molecule has 2 atom stereocenters. The maximum absolute atomic E-state index is 14.9. The van der Waals surface area contributed by atoms with Crippen molar-refractivity contribution in [1.82, 2.24) is 15.0 Å². The molecule has 4 rings (SSSR count). The number of amides is 1. The van der Waals surface area contributed by atoms with E-state index in [9.17, 15) is 18.0 Å². The first-order valence-corrected chi connectivity index (χ1v) is 11.6. The predicted molar refractivity (Wildman–Crippen MR) is 127 cm³/mol. The molecule has 190 valence electrons. The number of amidine groups is 1. The van der Waals surface area contributed by atoms with Gasteiger partial charge in [-0.05, 0) is 33.3 Å². The molecule has 13 heteroatoms. The molecule has 2 aromatic heterocycles. The van der Waals surface area contributed by atoms with Gasteiger partial charge in [-0.3, -0.25) is 9.79 Å². The normalized spacial score (nSPS) is 21.7. The van der Waals surface area contributed by atoms with Crippen LogP contribution in [0.1, 0.15) is 47.9 Å². The van der Waals surface area contributed by atoms with Gasteiger partial charge in [-0.1, -0.05) is 11.8 Å². The average molecular weight is 521 g/mol. The molecule has 3 heterocycles. The number of carbonyl (C=O) groups excluding carboxylic acids is 1. The number of oxazole rings is 1. The van der Waals surface area contributed by atoms with Crippen LogP contribution in [0.3, 0.4) is 0 Å². The highest BCUT2D eigenvalue weighted by Gasteiger charge is 2.44. The van der Waals surface area contributed by atoms with Crippen LogP contribution < -0.4 is 15.8 Å². The van der Waals surface area contributed by atoms with Gasteiger partial charge in [0, 0.05) is 17.3 Å². The number of carbonyl (C=O) groups is 1. The number of thioether (sulfide) groups is 1. The second-order valence-electron chi connectivity index (χ2n) is 8.72. The molecule has 1 amide bonds. The Kier molecular flexibility index (Phi) is 6.94. The third-order valence-electron chi connectivity index (χ3n) is 5.54. The summed E-state index contributed by atoms with van der Waals surface area (Å²) in [6, 6.07) is 2.11. The van der Waals surface area contributed by atoms with E-state index in [2.05, 4.69) is 25.3 Å². The van der Waals surface area contributed by atoms with E-state index in [1.165, 1.54) is 24.7 Å². The third-order valence-corrected chi connectivity index (χ3v) is 6.59. The standard InChI is InChI=1S/C23H23F3N6O3S/c1-12-19(29-8-16(30-12)35-9-17-28-4-5-34-17)20(33)31-13-6-14(18(26)15(25)7-13)23(3)10-22(2,11-24)36-21(27)32-23/h4-8H,9-11H2,1-3H3,(H2,27,32)(H,31,33)/t22-,23+/m1/s1. The van der Waals surface area contributed by atoms with E-state index in [-0.39, 0.29) is 46.7 Å². The summed E-state index contributed by atoms with van der Waals surface area (Å²) < 4.78 is 52.7. The fraction of sp³-hybridized carbons (Fsp3) is 0.348. The predicted octanol–water partition coefficient (Wildman–Crippen LogP) is 4.28. The first-order chi connectivity index (χ1) is 17.0. The number of hydrogen-bond acceptors (Lipinski definition) is 9. The van der Waals surface area contributed by atoms with Crippen molar-refractivity contribution in [3.63, 3.8) is 0 Å². The van der Waals surface area contributed by atoms with E-state index in [0.29, 0.717) is 5.89 Å². The number of hydrogen-bond donors (Lipinski definition) is 2. The maximum atomic E-state index is 14.9. The first kappa shape index (κ1) is 25.5. The molecule has 1 aliphatic rings. The molecule has 36 heavy (non-hydrogen) atoms. The van der Waals surface area contributed by atoms with E-state index < -0.39 is 34.5 Å². The Morgan fingerprint density at radius 2 is 2.08 bits per heavy atom. The van der Waals surface area contributed by atoms with Crippen LogP contribution in [0.5, 0.6) is 5.88 Å². The Balaban J connectivity index is 1.57. The van der Waals surface area contributed by atoms with Crippen molar-refractivity contribution < 1.29 is 27.1 Å². The summed E-state index contributed by atoms with van der Waals surface area (Å²) in [6.45, 7) is 4.02. The van der Waals surface area contributed by atoms with E-state index in [1.807, 2.05) is 0 Å². The molecule has 9 nitrogen and oxygen atoms in total. The lowest BCUT2D eigenvalue weighted by Crippen LogP contribution is -2.42. The number of aliphatic imine (C=N–C) groups is 1.